The van der Waals surface area contributed by atoms with E-state index in [0.717, 1.165) is 49.2 Å². The summed E-state index contributed by atoms with van der Waals surface area (Å²) in [5.74, 6) is 0.808. The minimum Gasteiger partial charge on any atom is -0.392 e. The molecule has 2 aromatic rings. The molecule has 1 aliphatic rings. The molecule has 126 valence electrons. The molecule has 3 rings (SSSR count). The Morgan fingerprint density at radius 3 is 2.71 bits per heavy atom. The van der Waals surface area contributed by atoms with Gasteiger partial charge in [-0.25, -0.2) is 0 Å². The van der Waals surface area contributed by atoms with Gasteiger partial charge >= 0.3 is 0 Å². The maximum absolute atomic E-state index is 11.4. The largest absolute Gasteiger partial charge is 0.392 e. The average molecular weight is 324 g/mol. The molecule has 0 saturated carbocycles. The number of piperidine rings is 1. The first-order valence-corrected chi connectivity index (χ1v) is 8.56. The van der Waals surface area contributed by atoms with E-state index in [2.05, 4.69) is 17.1 Å². The van der Waals surface area contributed by atoms with Gasteiger partial charge in [0, 0.05) is 31.8 Å². The standard InChI is InChI=1S/C20H24N2O2/c1-15(24)22-9-6-16(7-10-22)11-17-5-8-21-20(13-17)19-4-2-3-18(12-19)14-23/h2-5,8,12-13,16,23H,6-7,9-11,14H2,1H3. The molecule has 4 heteroatoms. The van der Waals surface area contributed by atoms with E-state index in [1.807, 2.05) is 35.4 Å². The normalized spacial score (nSPS) is 15.5. The van der Waals surface area contributed by atoms with Gasteiger partial charge in [0.25, 0.3) is 0 Å². The molecule has 1 N–H and O–H groups in total. The lowest BCUT2D eigenvalue weighted by Crippen LogP contribution is -2.37. The molecule has 24 heavy (non-hydrogen) atoms. The molecule has 1 aliphatic heterocycles. The van der Waals surface area contributed by atoms with E-state index in [1.165, 1.54) is 5.56 Å². The molecule has 4 nitrogen and oxygen atoms in total. The third-order valence-corrected chi connectivity index (χ3v) is 4.81. The highest BCUT2D eigenvalue weighted by atomic mass is 16.3. The van der Waals surface area contributed by atoms with Crippen molar-refractivity contribution >= 4 is 5.91 Å². The van der Waals surface area contributed by atoms with Crippen molar-refractivity contribution < 1.29 is 9.90 Å². The topological polar surface area (TPSA) is 53.4 Å². The van der Waals surface area contributed by atoms with Crippen LogP contribution >= 0.6 is 0 Å². The fraction of sp³-hybridized carbons (Fsp3) is 0.400. The van der Waals surface area contributed by atoms with Gasteiger partial charge in [-0.15, -0.1) is 0 Å². The fourth-order valence-electron chi connectivity index (χ4n) is 3.37. The second kappa shape index (κ2) is 7.58. The second-order valence-electron chi connectivity index (χ2n) is 6.56. The minimum absolute atomic E-state index is 0.0439. The van der Waals surface area contributed by atoms with E-state index in [9.17, 15) is 9.90 Å². The van der Waals surface area contributed by atoms with Crippen LogP contribution in [-0.4, -0.2) is 34.0 Å². The van der Waals surface area contributed by atoms with E-state index in [-0.39, 0.29) is 12.5 Å². The molecule has 1 saturated heterocycles. The molecular weight excluding hydrogens is 300 g/mol. The van der Waals surface area contributed by atoms with Gasteiger partial charge in [0.2, 0.25) is 5.91 Å². The van der Waals surface area contributed by atoms with E-state index in [0.29, 0.717) is 5.92 Å². The molecule has 0 spiro atoms. The highest BCUT2D eigenvalue weighted by molar-refractivity contribution is 5.73. The number of aromatic nitrogens is 1. The number of hydrogen-bond donors (Lipinski definition) is 1. The van der Waals surface area contributed by atoms with Gasteiger partial charge in [-0.3, -0.25) is 9.78 Å². The van der Waals surface area contributed by atoms with Gasteiger partial charge < -0.3 is 10.0 Å². The zero-order valence-corrected chi connectivity index (χ0v) is 14.1. The van der Waals surface area contributed by atoms with Crippen LogP contribution in [0.5, 0.6) is 0 Å². The lowest BCUT2D eigenvalue weighted by Gasteiger charge is -2.31. The van der Waals surface area contributed by atoms with Crippen LogP contribution in [0.4, 0.5) is 0 Å². The number of benzene rings is 1. The van der Waals surface area contributed by atoms with Crippen molar-refractivity contribution in [1.82, 2.24) is 9.88 Å². The Balaban J connectivity index is 1.68. The molecule has 1 amide bonds. The van der Waals surface area contributed by atoms with Gasteiger partial charge in [0.05, 0.1) is 12.3 Å². The summed E-state index contributed by atoms with van der Waals surface area (Å²) in [4.78, 5) is 17.8. The molecule has 0 radical (unpaired) electrons. The molecule has 0 atom stereocenters. The first kappa shape index (κ1) is 16.7. The van der Waals surface area contributed by atoms with Gasteiger partial charge in [-0.1, -0.05) is 18.2 Å². The molecule has 1 aromatic heterocycles. The Labute approximate surface area is 143 Å². The van der Waals surface area contributed by atoms with Crippen LogP contribution in [0.1, 0.15) is 30.9 Å². The number of aliphatic hydroxyl groups excluding tert-OH is 1. The third-order valence-electron chi connectivity index (χ3n) is 4.81. The summed E-state index contributed by atoms with van der Waals surface area (Å²) in [7, 11) is 0. The van der Waals surface area contributed by atoms with Crippen molar-refractivity contribution in [2.45, 2.75) is 32.8 Å². The van der Waals surface area contributed by atoms with Gasteiger partial charge in [-0.2, -0.15) is 0 Å². The van der Waals surface area contributed by atoms with Crippen LogP contribution in [0, 0.1) is 5.92 Å². The SMILES string of the molecule is CC(=O)N1CCC(Cc2ccnc(-c3cccc(CO)c3)c2)CC1. The predicted octanol–water partition coefficient (Wildman–Crippen LogP) is 3.04. The minimum atomic E-state index is 0.0439. The summed E-state index contributed by atoms with van der Waals surface area (Å²) in [6.07, 6.45) is 5.02. The van der Waals surface area contributed by atoms with Crippen molar-refractivity contribution in [2.24, 2.45) is 5.92 Å². The van der Waals surface area contributed by atoms with Crippen molar-refractivity contribution in [3.63, 3.8) is 0 Å². The molecule has 0 aliphatic carbocycles. The second-order valence-corrected chi connectivity index (χ2v) is 6.56. The predicted molar refractivity (Wildman–Crippen MR) is 94.3 cm³/mol. The Morgan fingerprint density at radius 2 is 2.00 bits per heavy atom. The van der Waals surface area contributed by atoms with Crippen LogP contribution in [0.3, 0.4) is 0 Å². The number of nitrogens with zero attached hydrogens (tertiary/aromatic N) is 2. The number of carbonyl (C=O) groups excluding carboxylic acids is 1. The maximum atomic E-state index is 11.4. The summed E-state index contributed by atoms with van der Waals surface area (Å²) in [5.41, 5.74) is 4.17. The van der Waals surface area contributed by atoms with Crippen molar-refractivity contribution in [2.75, 3.05) is 13.1 Å². The van der Waals surface area contributed by atoms with E-state index in [1.54, 1.807) is 6.92 Å². The van der Waals surface area contributed by atoms with Crippen LogP contribution in [0.15, 0.2) is 42.6 Å². The van der Waals surface area contributed by atoms with Gasteiger partial charge in [0.15, 0.2) is 0 Å². The molecule has 1 fully saturated rings. The Hall–Kier alpha value is -2.20. The number of aliphatic hydroxyl groups is 1. The Kier molecular flexibility index (Phi) is 5.26. The lowest BCUT2D eigenvalue weighted by atomic mass is 9.90. The van der Waals surface area contributed by atoms with E-state index >= 15 is 0 Å². The number of amides is 1. The Morgan fingerprint density at radius 1 is 1.21 bits per heavy atom. The van der Waals surface area contributed by atoms with Crippen LogP contribution in [-0.2, 0) is 17.8 Å². The smallest absolute Gasteiger partial charge is 0.219 e. The van der Waals surface area contributed by atoms with Crippen LogP contribution in [0.25, 0.3) is 11.3 Å². The molecule has 1 aromatic carbocycles. The molecule has 0 bridgehead atoms. The summed E-state index contributed by atoms with van der Waals surface area (Å²) in [5, 5.41) is 9.29. The molecule has 0 unspecified atom stereocenters. The van der Waals surface area contributed by atoms with Gasteiger partial charge in [-0.05, 0) is 54.5 Å². The van der Waals surface area contributed by atoms with E-state index < -0.39 is 0 Å². The highest BCUT2D eigenvalue weighted by Gasteiger charge is 2.20. The zero-order chi connectivity index (χ0) is 16.9. The number of carbonyl (C=O) groups is 1. The first-order valence-electron chi connectivity index (χ1n) is 8.56. The Bertz CT molecular complexity index is 706. The summed E-state index contributed by atoms with van der Waals surface area (Å²) in [6, 6.07) is 12.1. The van der Waals surface area contributed by atoms with Crippen molar-refractivity contribution in [3.8, 4) is 11.3 Å². The number of rotatable bonds is 4. The quantitative estimate of drug-likeness (QED) is 0.940. The molecule has 2 heterocycles. The highest BCUT2D eigenvalue weighted by Crippen LogP contribution is 2.24. The van der Waals surface area contributed by atoms with Crippen molar-refractivity contribution in [3.05, 3.63) is 53.7 Å². The van der Waals surface area contributed by atoms with E-state index in [4.69, 9.17) is 0 Å². The molecular formula is C20H24N2O2. The number of hydrogen-bond acceptors (Lipinski definition) is 3. The lowest BCUT2D eigenvalue weighted by molar-refractivity contribution is -0.130. The third kappa shape index (κ3) is 4.01. The summed E-state index contributed by atoms with van der Waals surface area (Å²) >= 11 is 0. The van der Waals surface area contributed by atoms with Crippen molar-refractivity contribution in [1.29, 1.82) is 0 Å². The van der Waals surface area contributed by atoms with Crippen LogP contribution < -0.4 is 0 Å². The first-order chi connectivity index (χ1) is 11.7. The maximum Gasteiger partial charge on any atom is 0.219 e. The summed E-state index contributed by atoms with van der Waals surface area (Å²) in [6.45, 7) is 3.44. The number of pyridine rings is 1. The van der Waals surface area contributed by atoms with Gasteiger partial charge in [0.1, 0.15) is 0 Å². The van der Waals surface area contributed by atoms with Crippen LogP contribution in [0.2, 0.25) is 0 Å². The summed E-state index contributed by atoms with van der Waals surface area (Å²) < 4.78 is 0. The number of likely N-dealkylation sites (tertiary alicyclic amines) is 1. The monoisotopic (exact) mass is 324 g/mol. The average Bonchev–Trinajstić information content (AvgIpc) is 2.62. The fourth-order valence-corrected chi connectivity index (χ4v) is 3.37. The zero-order valence-electron chi connectivity index (χ0n) is 14.1.